The van der Waals surface area contributed by atoms with Gasteiger partial charge in [0.1, 0.15) is 23.6 Å². The molecule has 0 unspecified atom stereocenters. The molecule has 52 heavy (non-hydrogen) atoms. The molecule has 4 fully saturated rings. The number of methoxy groups -OCH3 is 1. The zero-order chi connectivity index (χ0) is 36.7. The second kappa shape index (κ2) is 14.8. The van der Waals surface area contributed by atoms with Gasteiger partial charge < -0.3 is 25.2 Å². The summed E-state index contributed by atoms with van der Waals surface area (Å²) in [7, 11) is 1.65. The van der Waals surface area contributed by atoms with Crippen LogP contribution in [0.4, 0.5) is 0 Å². The molecule has 0 spiro atoms. The number of hydrogen-bond donors (Lipinski definition) is 3. The zero-order valence-electron chi connectivity index (χ0n) is 31.5. The fraction of sp³-hybridized carbons (Fsp3) is 0.535. The van der Waals surface area contributed by atoms with Crippen LogP contribution in [-0.4, -0.2) is 67.0 Å². The molecule has 8 rings (SSSR count). The number of nitrogens with zero attached hydrogens (tertiary/aromatic N) is 1. The van der Waals surface area contributed by atoms with Crippen molar-refractivity contribution in [3.63, 3.8) is 0 Å². The van der Waals surface area contributed by atoms with Gasteiger partial charge in [-0.25, -0.2) is 0 Å². The van der Waals surface area contributed by atoms with E-state index in [9.17, 15) is 14.7 Å². The number of hydroxylamine groups is 2. The summed E-state index contributed by atoms with van der Waals surface area (Å²) in [5, 5.41) is 18.8. The van der Waals surface area contributed by atoms with Crippen molar-refractivity contribution < 1.29 is 29.0 Å². The molecule has 278 valence electrons. The molecule has 2 bridgehead atoms. The van der Waals surface area contributed by atoms with E-state index in [2.05, 4.69) is 63.5 Å². The number of ether oxygens (including phenoxy) is 2. The average molecular weight is 710 g/mol. The fourth-order valence-corrected chi connectivity index (χ4v) is 9.74. The number of carbonyl (C=O) groups excluding carboxylic acids is 2. The largest absolute Gasteiger partial charge is 0.496 e. The van der Waals surface area contributed by atoms with Crippen LogP contribution < -0.4 is 20.1 Å². The van der Waals surface area contributed by atoms with E-state index in [1.54, 1.807) is 12.2 Å². The minimum atomic E-state index is -0.577. The maximum Gasteiger partial charge on any atom is 0.255 e. The van der Waals surface area contributed by atoms with E-state index in [-0.39, 0.29) is 42.8 Å². The molecule has 2 amide bonds. The van der Waals surface area contributed by atoms with E-state index in [0.29, 0.717) is 59.8 Å². The van der Waals surface area contributed by atoms with Gasteiger partial charge in [0, 0.05) is 36.1 Å². The molecule has 3 aromatic rings. The Labute approximate surface area is 308 Å². The van der Waals surface area contributed by atoms with Crippen LogP contribution in [0.1, 0.15) is 74.5 Å². The van der Waals surface area contributed by atoms with Gasteiger partial charge in [-0.3, -0.25) is 14.4 Å². The van der Waals surface area contributed by atoms with Crippen LogP contribution in [0.15, 0.2) is 60.7 Å². The molecule has 9 nitrogen and oxygen atoms in total. The van der Waals surface area contributed by atoms with Crippen LogP contribution in [0.2, 0.25) is 0 Å². The highest BCUT2D eigenvalue weighted by molar-refractivity contribution is 5.99. The van der Waals surface area contributed by atoms with Gasteiger partial charge in [0.15, 0.2) is 0 Å². The lowest BCUT2D eigenvalue weighted by atomic mass is 9.45. The van der Waals surface area contributed by atoms with Crippen molar-refractivity contribution in [2.75, 3.05) is 26.9 Å². The van der Waals surface area contributed by atoms with E-state index < -0.39 is 12.1 Å². The molecule has 5 aliphatic rings. The number of nitrogens with one attached hydrogen (secondary N) is 2. The smallest absolute Gasteiger partial charge is 0.255 e. The molecule has 3 N–H and O–H groups in total. The number of para-hydroxylation sites is 1. The van der Waals surface area contributed by atoms with Crippen molar-refractivity contribution in [2.24, 2.45) is 35.0 Å². The first-order chi connectivity index (χ1) is 25.0. The highest BCUT2D eigenvalue weighted by atomic mass is 16.7. The van der Waals surface area contributed by atoms with Gasteiger partial charge in [0.2, 0.25) is 5.91 Å². The Hall–Kier alpha value is -3.92. The summed E-state index contributed by atoms with van der Waals surface area (Å²) >= 11 is 0. The lowest BCUT2D eigenvalue weighted by molar-refractivity contribution is -0.183. The van der Waals surface area contributed by atoms with E-state index in [1.165, 1.54) is 6.42 Å². The summed E-state index contributed by atoms with van der Waals surface area (Å²) in [6, 6.07) is 19.6. The zero-order valence-corrected chi connectivity index (χ0v) is 31.5. The molecule has 2 heterocycles. The van der Waals surface area contributed by atoms with Crippen LogP contribution in [0.25, 0.3) is 11.1 Å². The lowest BCUT2D eigenvalue weighted by Crippen LogP contribution is -2.62. The van der Waals surface area contributed by atoms with Gasteiger partial charge >= 0.3 is 0 Å². The lowest BCUT2D eigenvalue weighted by Gasteiger charge is -2.62. The monoisotopic (exact) mass is 709 g/mol. The second-order valence-corrected chi connectivity index (χ2v) is 16.3. The van der Waals surface area contributed by atoms with Crippen LogP contribution >= 0.6 is 0 Å². The molecule has 2 aliphatic heterocycles. The number of aliphatic hydroxyl groups is 1. The first-order valence-corrected chi connectivity index (χ1v) is 19.1. The third-order valence-corrected chi connectivity index (χ3v) is 12.8. The Morgan fingerprint density at radius 3 is 2.56 bits per heavy atom. The van der Waals surface area contributed by atoms with Gasteiger partial charge in [-0.15, -0.1) is 0 Å². The second-order valence-electron chi connectivity index (χ2n) is 16.3. The number of hydrogen-bond acceptors (Lipinski definition) is 7. The predicted octanol–water partition coefficient (Wildman–Crippen LogP) is 6.21. The Morgan fingerprint density at radius 2 is 1.87 bits per heavy atom. The topological polar surface area (TPSA) is 109 Å². The quantitative estimate of drug-likeness (QED) is 0.205. The minimum absolute atomic E-state index is 0.0396. The number of fused-ring (bicyclic) bond motifs is 3. The van der Waals surface area contributed by atoms with E-state index >= 15 is 0 Å². The number of benzene rings is 3. The maximum atomic E-state index is 14.3. The molecular weight excluding hydrogens is 654 g/mol. The molecule has 0 radical (unpaired) electrons. The first-order valence-electron chi connectivity index (χ1n) is 19.1. The normalized spacial score (nSPS) is 27.4. The van der Waals surface area contributed by atoms with Crippen LogP contribution in [-0.2, 0) is 29.0 Å². The molecule has 3 aromatic carbocycles. The SMILES string of the molecule is COc1c(CN2O[C@@H](CO)[C@H](C(C)C)[C@H]2C(=O)N[C@@H]2C[C@H]3C[C@@H]([C@@H]2C)C3(C)C)cccc1-c1cc2c(c(C(=O)NCCc3ccccc3)c1)OCC2. The van der Waals surface area contributed by atoms with Crippen molar-refractivity contribution in [2.45, 2.75) is 85.0 Å². The van der Waals surface area contributed by atoms with E-state index in [0.717, 1.165) is 40.7 Å². The molecule has 3 saturated carbocycles. The van der Waals surface area contributed by atoms with Crippen molar-refractivity contribution >= 4 is 11.8 Å². The predicted molar refractivity (Wildman–Crippen MR) is 201 cm³/mol. The van der Waals surface area contributed by atoms with Gasteiger partial charge in [-0.1, -0.05) is 83.1 Å². The Kier molecular flexibility index (Phi) is 10.4. The summed E-state index contributed by atoms with van der Waals surface area (Å²) in [5.41, 5.74) is 5.52. The Bertz CT molecular complexity index is 1780. The first kappa shape index (κ1) is 36.4. The molecule has 0 aromatic heterocycles. The third-order valence-electron chi connectivity index (χ3n) is 12.8. The minimum Gasteiger partial charge on any atom is -0.496 e. The van der Waals surface area contributed by atoms with E-state index in [1.807, 2.05) is 42.5 Å². The van der Waals surface area contributed by atoms with Crippen molar-refractivity contribution in [3.05, 3.63) is 82.9 Å². The Balaban J connectivity index is 1.14. The summed E-state index contributed by atoms with van der Waals surface area (Å²) in [6.07, 6.45) is 3.19. The summed E-state index contributed by atoms with van der Waals surface area (Å²) in [4.78, 5) is 34.3. The summed E-state index contributed by atoms with van der Waals surface area (Å²) in [5.74, 6) is 2.62. The average Bonchev–Trinajstić information content (AvgIpc) is 3.77. The highest BCUT2D eigenvalue weighted by Crippen LogP contribution is 2.61. The molecule has 3 aliphatic carbocycles. The molecule has 7 atom stereocenters. The van der Waals surface area contributed by atoms with Crippen LogP contribution in [0.3, 0.4) is 0 Å². The van der Waals surface area contributed by atoms with Crippen LogP contribution in [0, 0.1) is 35.0 Å². The molecule has 9 heteroatoms. The van der Waals surface area contributed by atoms with Crippen molar-refractivity contribution in [1.82, 2.24) is 15.7 Å². The molecular formula is C43H55N3O6. The number of rotatable bonds is 12. The molecule has 1 saturated heterocycles. The van der Waals surface area contributed by atoms with Gasteiger partial charge in [-0.05, 0) is 77.2 Å². The van der Waals surface area contributed by atoms with Crippen LogP contribution in [0.5, 0.6) is 11.5 Å². The summed E-state index contributed by atoms with van der Waals surface area (Å²) in [6.45, 7) is 12.4. The number of carbonyl (C=O) groups is 2. The van der Waals surface area contributed by atoms with Gasteiger partial charge in [0.05, 0.1) is 32.4 Å². The number of amides is 2. The van der Waals surface area contributed by atoms with Gasteiger partial charge in [0.25, 0.3) is 5.91 Å². The third kappa shape index (κ3) is 6.72. The summed E-state index contributed by atoms with van der Waals surface area (Å²) < 4.78 is 12.1. The standard InChI is InChI=1S/C43H55N3O6/c1-25(2)37-36(24-47)52-46(38(37)42(49)45-35-22-31-21-34(26(35)3)43(31,4)5)23-29-13-10-14-32(39(29)50-6)30-19-28-16-18-51-40(28)33(20-30)41(48)44-17-15-27-11-8-7-9-12-27/h7-14,19-20,25-26,31,34-38,47H,15-18,21-24H2,1-6H3,(H,44,48)(H,45,49)/t26-,31+,34-,35+,36-,37-,38-/m0/s1. The van der Waals surface area contributed by atoms with Gasteiger partial charge in [-0.2, -0.15) is 5.06 Å². The highest BCUT2D eigenvalue weighted by Gasteiger charge is 2.57. The Morgan fingerprint density at radius 1 is 1.08 bits per heavy atom. The number of aliphatic hydroxyl groups excluding tert-OH is 1. The van der Waals surface area contributed by atoms with E-state index in [4.69, 9.17) is 14.3 Å². The van der Waals surface area contributed by atoms with Crippen molar-refractivity contribution in [3.8, 4) is 22.6 Å². The maximum absolute atomic E-state index is 14.3. The fourth-order valence-electron chi connectivity index (χ4n) is 9.74. The van der Waals surface area contributed by atoms with Crippen molar-refractivity contribution in [1.29, 1.82) is 0 Å².